The first-order valence-corrected chi connectivity index (χ1v) is 8.17. The van der Waals surface area contributed by atoms with E-state index in [0.29, 0.717) is 16.7 Å². The number of nitrogens with one attached hydrogen (secondary N) is 1. The molecule has 0 saturated heterocycles. The average molecular weight is 400 g/mol. The van der Waals surface area contributed by atoms with Crippen molar-refractivity contribution >= 4 is 50.5 Å². The van der Waals surface area contributed by atoms with E-state index in [1.807, 2.05) is 54.4 Å². The molecule has 2 rings (SSSR count). The molecule has 2 aromatic carbocycles. The molecule has 0 aromatic heterocycles. The summed E-state index contributed by atoms with van der Waals surface area (Å²) in [4.78, 5) is 1.93. The Labute approximate surface area is 149 Å². The number of hydrogen-bond acceptors (Lipinski definition) is 2. The Hall–Kier alpha value is -1.30. The average Bonchev–Trinajstić information content (AvgIpc) is 2.47. The molecule has 0 atom stereocenters. The Morgan fingerprint density at radius 1 is 1.32 bits per heavy atom. The number of halogens is 2. The van der Waals surface area contributed by atoms with E-state index in [2.05, 4.69) is 21.2 Å². The predicted octanol–water partition coefficient (Wildman–Crippen LogP) is 4.94. The largest absolute Gasteiger partial charge is 0.496 e. The van der Waals surface area contributed by atoms with E-state index in [0.717, 1.165) is 21.5 Å². The normalized spacial score (nSPS) is 10.2. The second-order valence-electron chi connectivity index (χ2n) is 4.75. The van der Waals surface area contributed by atoms with Gasteiger partial charge in [0.2, 0.25) is 0 Å². The van der Waals surface area contributed by atoms with Gasteiger partial charge in [-0.1, -0.05) is 33.6 Å². The van der Waals surface area contributed by atoms with Crippen molar-refractivity contribution in [2.24, 2.45) is 0 Å². The molecule has 22 heavy (non-hydrogen) atoms. The summed E-state index contributed by atoms with van der Waals surface area (Å²) in [7, 11) is 3.57. The van der Waals surface area contributed by atoms with Gasteiger partial charge >= 0.3 is 0 Å². The van der Waals surface area contributed by atoms with Gasteiger partial charge < -0.3 is 15.0 Å². The first-order valence-electron chi connectivity index (χ1n) is 6.59. The maximum Gasteiger partial charge on any atom is 0.173 e. The third-order valence-electron chi connectivity index (χ3n) is 3.07. The number of thiocarbonyl (C=S) groups is 1. The van der Waals surface area contributed by atoms with Gasteiger partial charge in [0.25, 0.3) is 0 Å². The molecule has 0 radical (unpaired) electrons. The summed E-state index contributed by atoms with van der Waals surface area (Å²) in [6.45, 7) is 0.601. The minimum atomic E-state index is 0.601. The molecule has 0 aliphatic carbocycles. The molecule has 6 heteroatoms. The van der Waals surface area contributed by atoms with E-state index in [1.54, 1.807) is 7.11 Å². The molecule has 0 spiro atoms. The smallest absolute Gasteiger partial charge is 0.173 e. The summed E-state index contributed by atoms with van der Waals surface area (Å²) in [6, 6.07) is 13.4. The molecular formula is C16H16BrClN2OS. The number of ether oxygens (including phenoxy) is 1. The van der Waals surface area contributed by atoms with Gasteiger partial charge in [0, 0.05) is 34.3 Å². The molecule has 2 aromatic rings. The number of methoxy groups -OCH3 is 1. The minimum Gasteiger partial charge on any atom is -0.496 e. The van der Waals surface area contributed by atoms with Crippen LogP contribution in [0.15, 0.2) is 46.9 Å². The molecular weight excluding hydrogens is 384 g/mol. The third kappa shape index (κ3) is 4.60. The van der Waals surface area contributed by atoms with E-state index in [9.17, 15) is 0 Å². The van der Waals surface area contributed by atoms with Crippen molar-refractivity contribution in [2.45, 2.75) is 6.54 Å². The Morgan fingerprint density at radius 3 is 2.77 bits per heavy atom. The van der Waals surface area contributed by atoms with Gasteiger partial charge in [-0.25, -0.2) is 0 Å². The lowest BCUT2D eigenvalue weighted by Crippen LogP contribution is -2.30. The van der Waals surface area contributed by atoms with Crippen LogP contribution in [0.3, 0.4) is 0 Å². The molecule has 0 aliphatic rings. The lowest BCUT2D eigenvalue weighted by atomic mass is 10.2. The van der Waals surface area contributed by atoms with Gasteiger partial charge in [0.05, 0.1) is 7.11 Å². The second kappa shape index (κ2) is 7.81. The zero-order valence-electron chi connectivity index (χ0n) is 12.3. The lowest BCUT2D eigenvalue weighted by Gasteiger charge is -2.22. The number of rotatable bonds is 4. The number of benzene rings is 2. The van der Waals surface area contributed by atoms with Gasteiger partial charge in [-0.3, -0.25) is 0 Å². The maximum absolute atomic E-state index is 6.06. The maximum atomic E-state index is 6.06. The fraction of sp³-hybridized carbons (Fsp3) is 0.188. The van der Waals surface area contributed by atoms with Crippen LogP contribution in [0.1, 0.15) is 5.56 Å². The van der Waals surface area contributed by atoms with E-state index in [-0.39, 0.29) is 0 Å². The van der Waals surface area contributed by atoms with Crippen LogP contribution in [-0.4, -0.2) is 24.2 Å². The molecule has 0 amide bonds. The van der Waals surface area contributed by atoms with E-state index in [1.165, 1.54) is 0 Å². The van der Waals surface area contributed by atoms with Crippen LogP contribution in [0.25, 0.3) is 0 Å². The minimum absolute atomic E-state index is 0.601. The molecule has 0 saturated carbocycles. The first kappa shape index (κ1) is 17.1. The van der Waals surface area contributed by atoms with Gasteiger partial charge in [0.1, 0.15) is 5.75 Å². The highest BCUT2D eigenvalue weighted by atomic mass is 79.9. The van der Waals surface area contributed by atoms with Crippen molar-refractivity contribution in [1.29, 1.82) is 0 Å². The summed E-state index contributed by atoms with van der Waals surface area (Å²) in [5.74, 6) is 0.793. The van der Waals surface area contributed by atoms with Crippen molar-refractivity contribution in [2.75, 3.05) is 19.5 Å². The van der Waals surface area contributed by atoms with Gasteiger partial charge in [-0.15, -0.1) is 0 Å². The van der Waals surface area contributed by atoms with Crippen molar-refractivity contribution in [3.63, 3.8) is 0 Å². The van der Waals surface area contributed by atoms with Gasteiger partial charge in [-0.2, -0.15) is 0 Å². The van der Waals surface area contributed by atoms with Crippen LogP contribution in [-0.2, 0) is 6.54 Å². The quantitative estimate of drug-likeness (QED) is 0.736. The van der Waals surface area contributed by atoms with Crippen LogP contribution < -0.4 is 10.1 Å². The summed E-state index contributed by atoms with van der Waals surface area (Å²) >= 11 is 14.9. The van der Waals surface area contributed by atoms with E-state index in [4.69, 9.17) is 28.6 Å². The predicted molar refractivity (Wildman–Crippen MR) is 99.8 cm³/mol. The highest BCUT2D eigenvalue weighted by Gasteiger charge is 2.10. The molecule has 1 N–H and O–H groups in total. The molecule has 0 fully saturated rings. The standard InChI is InChI=1S/C16H16BrClN2OS/c1-20(10-11-8-13(18)6-7-15(11)21-2)16(22)19-14-5-3-4-12(17)9-14/h3-9H,10H2,1-2H3,(H,19,22). The fourth-order valence-electron chi connectivity index (χ4n) is 1.98. The van der Waals surface area contributed by atoms with Crippen LogP contribution >= 0.6 is 39.7 Å². The van der Waals surface area contributed by atoms with Crippen LogP contribution in [0.5, 0.6) is 5.75 Å². The number of nitrogens with zero attached hydrogens (tertiary/aromatic N) is 1. The number of anilines is 1. The highest BCUT2D eigenvalue weighted by molar-refractivity contribution is 9.10. The summed E-state index contributed by atoms with van der Waals surface area (Å²) < 4.78 is 6.36. The first-order chi connectivity index (χ1) is 10.5. The summed E-state index contributed by atoms with van der Waals surface area (Å²) in [6.07, 6.45) is 0. The highest BCUT2D eigenvalue weighted by Crippen LogP contribution is 2.24. The zero-order chi connectivity index (χ0) is 16.1. The monoisotopic (exact) mass is 398 g/mol. The van der Waals surface area contributed by atoms with Crippen molar-refractivity contribution in [3.8, 4) is 5.75 Å². The lowest BCUT2D eigenvalue weighted by molar-refractivity contribution is 0.399. The Balaban J connectivity index is 2.07. The van der Waals surface area contributed by atoms with Crippen molar-refractivity contribution in [3.05, 3.63) is 57.5 Å². The Morgan fingerprint density at radius 2 is 2.09 bits per heavy atom. The Kier molecular flexibility index (Phi) is 6.06. The van der Waals surface area contributed by atoms with Gasteiger partial charge in [-0.05, 0) is 48.6 Å². The molecule has 0 aliphatic heterocycles. The number of hydrogen-bond donors (Lipinski definition) is 1. The van der Waals surface area contributed by atoms with Crippen LogP contribution in [0.2, 0.25) is 5.02 Å². The second-order valence-corrected chi connectivity index (χ2v) is 6.49. The molecule has 0 bridgehead atoms. The summed E-state index contributed by atoms with van der Waals surface area (Å²) in [5.41, 5.74) is 1.92. The molecule has 116 valence electrons. The third-order valence-corrected chi connectivity index (χ3v) is 4.21. The van der Waals surface area contributed by atoms with Gasteiger partial charge in [0.15, 0.2) is 5.11 Å². The van der Waals surface area contributed by atoms with Crippen molar-refractivity contribution in [1.82, 2.24) is 4.90 Å². The Bertz CT molecular complexity index is 681. The fourth-order valence-corrected chi connectivity index (χ4v) is 2.76. The van der Waals surface area contributed by atoms with Crippen LogP contribution in [0, 0.1) is 0 Å². The SMILES string of the molecule is COc1ccc(Cl)cc1CN(C)C(=S)Nc1cccc(Br)c1. The zero-order valence-corrected chi connectivity index (χ0v) is 15.4. The van der Waals surface area contributed by atoms with E-state index < -0.39 is 0 Å². The topological polar surface area (TPSA) is 24.5 Å². The van der Waals surface area contributed by atoms with Crippen LogP contribution in [0.4, 0.5) is 5.69 Å². The molecule has 3 nitrogen and oxygen atoms in total. The van der Waals surface area contributed by atoms with Crippen molar-refractivity contribution < 1.29 is 4.74 Å². The molecule has 0 heterocycles. The summed E-state index contributed by atoms with van der Waals surface area (Å²) in [5, 5.41) is 4.51. The molecule has 0 unspecified atom stereocenters. The van der Waals surface area contributed by atoms with E-state index >= 15 is 0 Å².